The minimum atomic E-state index is -0.106. The minimum Gasteiger partial charge on any atom is -0.487 e. The van der Waals surface area contributed by atoms with Gasteiger partial charge in [-0.1, -0.05) is 29.8 Å². The van der Waals surface area contributed by atoms with Crippen LogP contribution in [0, 0.1) is 0 Å². The Morgan fingerprint density at radius 1 is 1.16 bits per heavy atom. The molecule has 0 saturated carbocycles. The maximum atomic E-state index is 12.9. The van der Waals surface area contributed by atoms with Gasteiger partial charge in [-0.15, -0.1) is 0 Å². The van der Waals surface area contributed by atoms with Gasteiger partial charge in [-0.3, -0.25) is 14.3 Å². The van der Waals surface area contributed by atoms with Crippen LogP contribution >= 0.6 is 11.6 Å². The topological polar surface area (TPSA) is 77.4 Å². The van der Waals surface area contributed by atoms with Crippen molar-refractivity contribution in [2.45, 2.75) is 57.8 Å². The second-order valence-corrected chi connectivity index (χ2v) is 10.5. The molecule has 5 rings (SSSR count). The third-order valence-corrected chi connectivity index (χ3v) is 7.37. The highest BCUT2D eigenvalue weighted by Gasteiger charge is 2.16. The maximum Gasteiger partial charge on any atom is 0.258 e. The standard InChI is InChI=1S/C30H35ClN4O3/c1-21(17-33-26-9-12-37-13-10-26)32-18-22-2-3-24-15-28(7-4-23(24)14-22)35-11-8-29(16-30(35)36)38-20-27-6-5-25(31)19-34-27/h2-3,5-6,8,11,14-16,19,21,26,32-33H,4,7,9-10,12-13,17-18,20H2,1H3/t21-/m0/s1. The second-order valence-electron chi connectivity index (χ2n) is 10.1. The molecule has 1 atom stereocenters. The number of ether oxygens (including phenoxy) is 2. The molecule has 1 fully saturated rings. The molecule has 3 heterocycles. The molecule has 0 unspecified atom stereocenters. The van der Waals surface area contributed by atoms with Crippen LogP contribution in [0.4, 0.5) is 0 Å². The first-order valence-electron chi connectivity index (χ1n) is 13.4. The number of allylic oxidation sites excluding steroid dienone is 1. The molecule has 2 aliphatic rings. The first-order chi connectivity index (χ1) is 18.5. The number of aromatic nitrogens is 2. The zero-order chi connectivity index (χ0) is 26.3. The fourth-order valence-electron chi connectivity index (χ4n) is 4.88. The summed E-state index contributed by atoms with van der Waals surface area (Å²) in [7, 11) is 0. The van der Waals surface area contributed by atoms with Crippen molar-refractivity contribution in [3.8, 4) is 5.75 Å². The van der Waals surface area contributed by atoms with Gasteiger partial charge in [0.25, 0.3) is 5.56 Å². The van der Waals surface area contributed by atoms with E-state index < -0.39 is 0 Å². The molecule has 2 aromatic heterocycles. The van der Waals surface area contributed by atoms with E-state index in [4.69, 9.17) is 21.1 Å². The Morgan fingerprint density at radius 3 is 2.82 bits per heavy atom. The molecule has 1 aliphatic carbocycles. The van der Waals surface area contributed by atoms with Crippen LogP contribution in [-0.4, -0.2) is 41.4 Å². The van der Waals surface area contributed by atoms with E-state index in [1.807, 2.05) is 12.1 Å². The van der Waals surface area contributed by atoms with Gasteiger partial charge in [0, 0.05) is 62.5 Å². The number of aryl methyl sites for hydroxylation is 1. The fraction of sp³-hybridized carbons (Fsp3) is 0.400. The molecule has 7 nitrogen and oxygen atoms in total. The SMILES string of the molecule is C[C@@H](CNC1CCOCC1)NCc1ccc2c(c1)CCC(n1ccc(OCc3ccc(Cl)cn3)cc1=O)=C2. The van der Waals surface area contributed by atoms with E-state index in [0.717, 1.165) is 63.4 Å². The van der Waals surface area contributed by atoms with E-state index in [-0.39, 0.29) is 12.2 Å². The van der Waals surface area contributed by atoms with E-state index in [1.165, 1.54) is 22.8 Å². The van der Waals surface area contributed by atoms with Gasteiger partial charge in [0.05, 0.1) is 10.7 Å². The van der Waals surface area contributed by atoms with Crippen LogP contribution < -0.4 is 20.9 Å². The molecule has 2 N–H and O–H groups in total. The summed E-state index contributed by atoms with van der Waals surface area (Å²) < 4.78 is 12.9. The van der Waals surface area contributed by atoms with E-state index in [2.05, 4.69) is 46.8 Å². The lowest BCUT2D eigenvalue weighted by molar-refractivity contribution is 0.0775. The molecule has 38 heavy (non-hydrogen) atoms. The molecule has 1 aromatic carbocycles. The van der Waals surface area contributed by atoms with Gasteiger partial charge in [0.1, 0.15) is 12.4 Å². The molecule has 1 aliphatic heterocycles. The number of nitrogens with zero attached hydrogens (tertiary/aromatic N) is 2. The average Bonchev–Trinajstić information content (AvgIpc) is 2.95. The summed E-state index contributed by atoms with van der Waals surface area (Å²) in [5.41, 5.74) is 5.42. The zero-order valence-electron chi connectivity index (χ0n) is 21.8. The van der Waals surface area contributed by atoms with Crippen LogP contribution in [0.2, 0.25) is 5.02 Å². The van der Waals surface area contributed by atoms with Crippen LogP contribution in [-0.2, 0) is 24.3 Å². The predicted octanol–water partition coefficient (Wildman–Crippen LogP) is 4.67. The van der Waals surface area contributed by atoms with Gasteiger partial charge in [-0.05, 0) is 73.6 Å². The molecule has 0 radical (unpaired) electrons. The van der Waals surface area contributed by atoms with Crippen LogP contribution in [0.1, 0.15) is 48.6 Å². The predicted molar refractivity (Wildman–Crippen MR) is 151 cm³/mol. The highest BCUT2D eigenvalue weighted by molar-refractivity contribution is 6.30. The lowest BCUT2D eigenvalue weighted by Gasteiger charge is -2.25. The smallest absolute Gasteiger partial charge is 0.258 e. The summed E-state index contributed by atoms with van der Waals surface area (Å²) in [6.07, 6.45) is 9.40. The number of hydrogen-bond donors (Lipinski definition) is 2. The van der Waals surface area contributed by atoms with Crippen molar-refractivity contribution < 1.29 is 9.47 Å². The molecule has 200 valence electrons. The Labute approximate surface area is 228 Å². The molecule has 0 amide bonds. The first-order valence-corrected chi connectivity index (χ1v) is 13.7. The number of rotatable bonds is 10. The van der Waals surface area contributed by atoms with Gasteiger partial charge in [0.2, 0.25) is 0 Å². The summed E-state index contributed by atoms with van der Waals surface area (Å²) >= 11 is 5.88. The van der Waals surface area contributed by atoms with Gasteiger partial charge >= 0.3 is 0 Å². The number of hydrogen-bond acceptors (Lipinski definition) is 6. The molecular weight excluding hydrogens is 500 g/mol. The quantitative estimate of drug-likeness (QED) is 0.394. The Hall–Kier alpha value is -2.97. The monoisotopic (exact) mass is 534 g/mol. The van der Waals surface area contributed by atoms with Gasteiger partial charge in [-0.25, -0.2) is 0 Å². The van der Waals surface area contributed by atoms with Gasteiger partial charge in [0.15, 0.2) is 0 Å². The zero-order valence-corrected chi connectivity index (χ0v) is 22.5. The van der Waals surface area contributed by atoms with Crippen molar-refractivity contribution in [3.63, 3.8) is 0 Å². The lowest BCUT2D eigenvalue weighted by Crippen LogP contribution is -2.42. The normalized spacial score (nSPS) is 16.5. The Morgan fingerprint density at radius 2 is 2.03 bits per heavy atom. The number of nitrogens with one attached hydrogen (secondary N) is 2. The Bertz CT molecular complexity index is 1320. The third kappa shape index (κ3) is 7.11. The van der Waals surface area contributed by atoms with Crippen molar-refractivity contribution in [1.29, 1.82) is 0 Å². The van der Waals surface area contributed by atoms with Crippen molar-refractivity contribution in [3.05, 3.63) is 92.6 Å². The van der Waals surface area contributed by atoms with Gasteiger partial charge < -0.3 is 20.1 Å². The largest absolute Gasteiger partial charge is 0.487 e. The number of fused-ring (bicyclic) bond motifs is 1. The fourth-order valence-corrected chi connectivity index (χ4v) is 4.99. The summed E-state index contributed by atoms with van der Waals surface area (Å²) in [6, 6.07) is 14.5. The highest BCUT2D eigenvalue weighted by Crippen LogP contribution is 2.27. The Balaban J connectivity index is 1.16. The van der Waals surface area contributed by atoms with Crippen LogP contribution in [0.5, 0.6) is 5.75 Å². The number of pyridine rings is 2. The van der Waals surface area contributed by atoms with Gasteiger partial charge in [-0.2, -0.15) is 0 Å². The van der Waals surface area contributed by atoms with E-state index in [9.17, 15) is 4.79 Å². The van der Waals surface area contributed by atoms with Crippen LogP contribution in [0.25, 0.3) is 11.8 Å². The molecule has 0 bridgehead atoms. The van der Waals surface area contributed by atoms with Crippen molar-refractivity contribution in [2.75, 3.05) is 19.8 Å². The van der Waals surface area contributed by atoms with E-state index >= 15 is 0 Å². The van der Waals surface area contributed by atoms with Crippen LogP contribution in [0.15, 0.2) is 59.7 Å². The maximum absolute atomic E-state index is 12.9. The van der Waals surface area contributed by atoms with Crippen LogP contribution in [0.3, 0.4) is 0 Å². The third-order valence-electron chi connectivity index (χ3n) is 7.14. The summed E-state index contributed by atoms with van der Waals surface area (Å²) in [5, 5.41) is 7.88. The summed E-state index contributed by atoms with van der Waals surface area (Å²) in [4.78, 5) is 17.1. The number of halogens is 1. The molecule has 3 aromatic rings. The molecular formula is C30H35ClN4O3. The van der Waals surface area contributed by atoms with Crippen molar-refractivity contribution in [2.24, 2.45) is 0 Å². The first kappa shape index (κ1) is 26.6. The van der Waals surface area contributed by atoms with Crippen molar-refractivity contribution >= 4 is 23.4 Å². The van der Waals surface area contributed by atoms with Crippen molar-refractivity contribution in [1.82, 2.24) is 20.2 Å². The second kappa shape index (κ2) is 12.7. The summed E-state index contributed by atoms with van der Waals surface area (Å²) in [6.45, 7) is 6.02. The highest BCUT2D eigenvalue weighted by atomic mass is 35.5. The summed E-state index contributed by atoms with van der Waals surface area (Å²) in [5.74, 6) is 0.522. The number of benzene rings is 1. The minimum absolute atomic E-state index is 0.106. The molecule has 8 heteroatoms. The Kier molecular flexibility index (Phi) is 8.91. The van der Waals surface area contributed by atoms with E-state index in [1.54, 1.807) is 23.0 Å². The average molecular weight is 535 g/mol. The molecule has 1 saturated heterocycles. The van der Waals surface area contributed by atoms with E-state index in [0.29, 0.717) is 22.9 Å². The molecule has 0 spiro atoms. The lowest BCUT2D eigenvalue weighted by atomic mass is 9.93.